The second-order valence-corrected chi connectivity index (χ2v) is 8.75. The maximum Gasteiger partial charge on any atom is 0.254 e. The molecule has 2 aromatic carbocycles. The lowest BCUT2D eigenvalue weighted by Crippen LogP contribution is -2.42. The van der Waals surface area contributed by atoms with Crippen LogP contribution in [0.2, 0.25) is 0 Å². The summed E-state index contributed by atoms with van der Waals surface area (Å²) in [6, 6.07) is 13.1. The first kappa shape index (κ1) is 26.4. The largest absolute Gasteiger partial charge is 0.494 e. The molecule has 0 aromatic heterocycles. The molecule has 7 heteroatoms. The van der Waals surface area contributed by atoms with Crippen LogP contribution in [-0.4, -0.2) is 56.2 Å². The molecule has 1 aliphatic rings. The van der Waals surface area contributed by atoms with E-state index in [-0.39, 0.29) is 17.8 Å². The van der Waals surface area contributed by atoms with Crippen LogP contribution >= 0.6 is 0 Å². The lowest BCUT2D eigenvalue weighted by atomic mass is 10.0. The smallest absolute Gasteiger partial charge is 0.254 e. The molecule has 3 rings (SSSR count). The highest BCUT2D eigenvalue weighted by Gasteiger charge is 2.25. The molecule has 0 spiro atoms. The molecule has 1 heterocycles. The average molecular weight is 483 g/mol. The SMILES string of the molecule is CCOC(=N)c1ccc(OCCCCCOc2ccc(C(=O)N3CCCCC3C)cc2OC)cc1. The van der Waals surface area contributed by atoms with Gasteiger partial charge in [0.05, 0.1) is 26.9 Å². The Morgan fingerprint density at radius 2 is 1.69 bits per heavy atom. The van der Waals surface area contributed by atoms with E-state index >= 15 is 0 Å². The number of rotatable bonds is 12. The van der Waals surface area contributed by atoms with Gasteiger partial charge in [0.1, 0.15) is 5.75 Å². The molecule has 1 N–H and O–H groups in total. The van der Waals surface area contributed by atoms with E-state index in [4.69, 9.17) is 24.4 Å². The van der Waals surface area contributed by atoms with Crippen LogP contribution in [0.3, 0.4) is 0 Å². The van der Waals surface area contributed by atoms with Crippen molar-refractivity contribution in [3.05, 3.63) is 53.6 Å². The lowest BCUT2D eigenvalue weighted by molar-refractivity contribution is 0.0635. The van der Waals surface area contributed by atoms with E-state index in [0.29, 0.717) is 36.9 Å². The van der Waals surface area contributed by atoms with Crippen molar-refractivity contribution < 1.29 is 23.7 Å². The minimum absolute atomic E-state index is 0.0595. The van der Waals surface area contributed by atoms with E-state index < -0.39 is 0 Å². The zero-order chi connectivity index (χ0) is 25.0. The third-order valence-corrected chi connectivity index (χ3v) is 6.19. The molecule has 1 aliphatic heterocycles. The number of unbranched alkanes of at least 4 members (excludes halogenated alkanes) is 2. The molecule has 0 radical (unpaired) electrons. The Hall–Kier alpha value is -3.22. The number of methoxy groups -OCH3 is 1. The quantitative estimate of drug-likeness (QED) is 0.238. The van der Waals surface area contributed by atoms with Crippen LogP contribution < -0.4 is 14.2 Å². The molecule has 2 aromatic rings. The van der Waals surface area contributed by atoms with E-state index in [1.54, 1.807) is 13.2 Å². The number of nitrogens with zero attached hydrogens (tertiary/aromatic N) is 1. The highest BCUT2D eigenvalue weighted by atomic mass is 16.5. The van der Waals surface area contributed by atoms with E-state index in [1.165, 1.54) is 6.42 Å². The predicted octanol–water partition coefficient (Wildman–Crippen LogP) is 5.70. The number of piperidine rings is 1. The number of hydrogen-bond acceptors (Lipinski definition) is 6. The van der Waals surface area contributed by atoms with Crippen LogP contribution in [0.1, 0.15) is 68.3 Å². The Kier molecular flexibility index (Phi) is 10.3. The molecule has 1 unspecified atom stereocenters. The summed E-state index contributed by atoms with van der Waals surface area (Å²) in [6.07, 6.45) is 6.08. The fraction of sp³-hybridized carbons (Fsp3) is 0.500. The van der Waals surface area contributed by atoms with Gasteiger partial charge in [-0.05, 0) is 94.8 Å². The van der Waals surface area contributed by atoms with Gasteiger partial charge < -0.3 is 23.8 Å². The van der Waals surface area contributed by atoms with Gasteiger partial charge in [0, 0.05) is 23.7 Å². The normalized spacial score (nSPS) is 15.4. The highest BCUT2D eigenvalue weighted by Crippen LogP contribution is 2.30. The molecule has 190 valence electrons. The molecule has 1 saturated heterocycles. The Morgan fingerprint density at radius 1 is 0.971 bits per heavy atom. The fourth-order valence-corrected chi connectivity index (χ4v) is 4.17. The van der Waals surface area contributed by atoms with Gasteiger partial charge in [0.15, 0.2) is 11.5 Å². The molecule has 1 atom stereocenters. The van der Waals surface area contributed by atoms with Gasteiger partial charge in [-0.3, -0.25) is 10.2 Å². The van der Waals surface area contributed by atoms with Gasteiger partial charge >= 0.3 is 0 Å². The van der Waals surface area contributed by atoms with Gasteiger partial charge in [0.2, 0.25) is 5.90 Å². The monoisotopic (exact) mass is 482 g/mol. The molecule has 0 saturated carbocycles. The van der Waals surface area contributed by atoms with Crippen LogP contribution in [0, 0.1) is 5.41 Å². The number of carbonyl (C=O) groups excluding carboxylic acids is 1. The first-order valence-electron chi connectivity index (χ1n) is 12.6. The second-order valence-electron chi connectivity index (χ2n) is 8.75. The van der Waals surface area contributed by atoms with Crippen LogP contribution in [0.5, 0.6) is 17.2 Å². The topological polar surface area (TPSA) is 81.1 Å². The number of benzene rings is 2. The number of amides is 1. The van der Waals surface area contributed by atoms with E-state index in [0.717, 1.165) is 50.0 Å². The third-order valence-electron chi connectivity index (χ3n) is 6.19. The minimum atomic E-state index is 0.0595. The summed E-state index contributed by atoms with van der Waals surface area (Å²) < 4.78 is 22.4. The van der Waals surface area contributed by atoms with Gasteiger partial charge in [-0.1, -0.05) is 0 Å². The highest BCUT2D eigenvalue weighted by molar-refractivity contribution is 5.95. The maximum atomic E-state index is 12.9. The number of ether oxygens (including phenoxy) is 4. The van der Waals surface area contributed by atoms with Gasteiger partial charge in [-0.25, -0.2) is 0 Å². The van der Waals surface area contributed by atoms with Crippen molar-refractivity contribution in [2.75, 3.05) is 33.5 Å². The Balaban J connectivity index is 1.38. The molecule has 0 aliphatic carbocycles. The van der Waals surface area contributed by atoms with Gasteiger partial charge in [-0.2, -0.15) is 0 Å². The van der Waals surface area contributed by atoms with Crippen LogP contribution in [-0.2, 0) is 4.74 Å². The summed E-state index contributed by atoms with van der Waals surface area (Å²) in [5, 5.41) is 7.80. The number of carbonyl (C=O) groups is 1. The summed E-state index contributed by atoms with van der Waals surface area (Å²) in [5.41, 5.74) is 1.38. The summed E-state index contributed by atoms with van der Waals surface area (Å²) >= 11 is 0. The second kappa shape index (κ2) is 13.6. The zero-order valence-electron chi connectivity index (χ0n) is 21.2. The number of nitrogens with one attached hydrogen (secondary N) is 1. The van der Waals surface area contributed by atoms with E-state index in [1.807, 2.05) is 48.2 Å². The average Bonchev–Trinajstić information content (AvgIpc) is 2.88. The summed E-state index contributed by atoms with van der Waals surface area (Å²) in [4.78, 5) is 14.9. The molecular weight excluding hydrogens is 444 g/mol. The first-order valence-corrected chi connectivity index (χ1v) is 12.6. The first-order chi connectivity index (χ1) is 17.0. The number of hydrogen-bond donors (Lipinski definition) is 1. The fourth-order valence-electron chi connectivity index (χ4n) is 4.17. The summed E-state index contributed by atoms with van der Waals surface area (Å²) in [5.74, 6) is 2.26. The Labute approximate surface area is 208 Å². The molecular formula is C28H38N2O5. The van der Waals surface area contributed by atoms with Crippen molar-refractivity contribution in [3.8, 4) is 17.2 Å². The van der Waals surface area contributed by atoms with Crippen molar-refractivity contribution in [1.29, 1.82) is 5.41 Å². The minimum Gasteiger partial charge on any atom is -0.494 e. The van der Waals surface area contributed by atoms with E-state index in [2.05, 4.69) is 6.92 Å². The molecule has 35 heavy (non-hydrogen) atoms. The van der Waals surface area contributed by atoms with E-state index in [9.17, 15) is 4.79 Å². The Morgan fingerprint density at radius 3 is 2.37 bits per heavy atom. The number of likely N-dealkylation sites (tertiary alicyclic amines) is 1. The predicted molar refractivity (Wildman–Crippen MR) is 137 cm³/mol. The molecule has 0 bridgehead atoms. The van der Waals surface area contributed by atoms with Crippen molar-refractivity contribution in [3.63, 3.8) is 0 Å². The molecule has 1 amide bonds. The third kappa shape index (κ3) is 7.64. The summed E-state index contributed by atoms with van der Waals surface area (Å²) in [6.45, 7) is 6.47. The van der Waals surface area contributed by atoms with Crippen LogP contribution in [0.25, 0.3) is 0 Å². The maximum absolute atomic E-state index is 12.9. The van der Waals surface area contributed by atoms with Gasteiger partial charge in [-0.15, -0.1) is 0 Å². The molecule has 1 fully saturated rings. The lowest BCUT2D eigenvalue weighted by Gasteiger charge is -2.33. The molecule has 7 nitrogen and oxygen atoms in total. The van der Waals surface area contributed by atoms with Crippen LogP contribution in [0.15, 0.2) is 42.5 Å². The summed E-state index contributed by atoms with van der Waals surface area (Å²) in [7, 11) is 1.60. The Bertz CT molecular complexity index is 960. The van der Waals surface area contributed by atoms with Crippen LogP contribution in [0.4, 0.5) is 0 Å². The van der Waals surface area contributed by atoms with Crippen molar-refractivity contribution >= 4 is 11.8 Å². The van der Waals surface area contributed by atoms with Gasteiger partial charge in [0.25, 0.3) is 5.91 Å². The zero-order valence-corrected chi connectivity index (χ0v) is 21.2. The van der Waals surface area contributed by atoms with Crippen molar-refractivity contribution in [2.45, 2.75) is 58.4 Å². The standard InChI is InChI=1S/C28H38N2O5/c1-4-33-27(29)22-11-14-24(15-12-22)34-18-8-5-9-19-35-25-16-13-23(20-26(25)32-3)28(31)30-17-7-6-10-21(30)2/h11-16,20-21,29H,4-10,17-19H2,1-3H3. The van der Waals surface area contributed by atoms with Crippen molar-refractivity contribution in [2.24, 2.45) is 0 Å². The van der Waals surface area contributed by atoms with Crippen molar-refractivity contribution in [1.82, 2.24) is 4.90 Å².